The predicted molar refractivity (Wildman–Crippen MR) is 54.2 cm³/mol. The van der Waals surface area contributed by atoms with Crippen LogP contribution in [-0.4, -0.2) is 27.2 Å². The van der Waals surface area contributed by atoms with Crippen LogP contribution >= 0.6 is 0 Å². The summed E-state index contributed by atoms with van der Waals surface area (Å²) >= 11 is 0. The van der Waals surface area contributed by atoms with Crippen molar-refractivity contribution in [3.63, 3.8) is 0 Å². The van der Waals surface area contributed by atoms with Gasteiger partial charge >= 0.3 is 0 Å². The van der Waals surface area contributed by atoms with E-state index >= 15 is 0 Å². The average molecular weight is 188 g/mol. The van der Waals surface area contributed by atoms with Gasteiger partial charge in [-0.25, -0.2) is 0 Å². The normalized spacial score (nSPS) is 12.4. The quantitative estimate of drug-likeness (QED) is 0.459. The molecule has 0 aromatic heterocycles. The van der Waals surface area contributed by atoms with Crippen LogP contribution in [0.15, 0.2) is 25.3 Å². The summed E-state index contributed by atoms with van der Waals surface area (Å²) < 4.78 is 0. The van der Waals surface area contributed by atoms with Crippen molar-refractivity contribution in [1.29, 1.82) is 0 Å². The van der Waals surface area contributed by atoms with Gasteiger partial charge in [0.1, 0.15) is 0 Å². The van der Waals surface area contributed by atoms with Gasteiger partial charge in [0.15, 0.2) is 5.79 Å². The van der Waals surface area contributed by atoms with Crippen molar-refractivity contribution in [2.75, 3.05) is 0 Å². The summed E-state index contributed by atoms with van der Waals surface area (Å²) in [5.41, 5.74) is 0. The van der Waals surface area contributed by atoms with Crippen LogP contribution in [-0.2, 0) is 0 Å². The molecule has 0 fully saturated rings. The maximum atomic E-state index is 8.82. The van der Waals surface area contributed by atoms with E-state index in [-0.39, 0.29) is 6.10 Å². The van der Waals surface area contributed by atoms with Crippen LogP contribution in [0.4, 0.5) is 0 Å². The van der Waals surface area contributed by atoms with Gasteiger partial charge < -0.3 is 15.3 Å². The highest BCUT2D eigenvalue weighted by atomic mass is 16.5. The summed E-state index contributed by atoms with van der Waals surface area (Å²) in [6.45, 7) is 9.55. The van der Waals surface area contributed by atoms with Crippen molar-refractivity contribution in [3.05, 3.63) is 25.3 Å². The first-order chi connectivity index (χ1) is 5.81. The van der Waals surface area contributed by atoms with E-state index in [2.05, 4.69) is 13.2 Å². The van der Waals surface area contributed by atoms with E-state index in [0.29, 0.717) is 0 Å². The minimum Gasteiger partial charge on any atom is -0.389 e. The molecule has 0 aliphatic rings. The molecule has 1 atom stereocenters. The molecule has 0 rings (SSSR count). The second-order valence-corrected chi connectivity index (χ2v) is 3.16. The Morgan fingerprint density at radius 1 is 1.31 bits per heavy atom. The lowest BCUT2D eigenvalue weighted by Gasteiger charge is -2.03. The third kappa shape index (κ3) is 34.6. The van der Waals surface area contributed by atoms with Gasteiger partial charge in [-0.2, -0.15) is 0 Å². The van der Waals surface area contributed by atoms with Crippen molar-refractivity contribution in [2.45, 2.75) is 38.6 Å². The lowest BCUT2D eigenvalue weighted by molar-refractivity contribution is -0.127. The minimum absolute atomic E-state index is 0.354. The van der Waals surface area contributed by atoms with E-state index in [1.165, 1.54) is 19.9 Å². The molecule has 0 aliphatic heterocycles. The number of hydrogen-bond acceptors (Lipinski definition) is 3. The van der Waals surface area contributed by atoms with Gasteiger partial charge in [-0.3, -0.25) is 0 Å². The van der Waals surface area contributed by atoms with Crippen molar-refractivity contribution >= 4 is 0 Å². The fourth-order valence-corrected chi connectivity index (χ4v) is 0.406. The average Bonchev–Trinajstić information content (AvgIpc) is 1.97. The first kappa shape index (κ1) is 14.9. The second kappa shape index (κ2) is 7.98. The van der Waals surface area contributed by atoms with Gasteiger partial charge in [0, 0.05) is 0 Å². The first-order valence-electron chi connectivity index (χ1n) is 4.17. The maximum absolute atomic E-state index is 8.82. The zero-order chi connectivity index (χ0) is 10.9. The van der Waals surface area contributed by atoms with Crippen molar-refractivity contribution in [2.24, 2.45) is 0 Å². The summed E-state index contributed by atoms with van der Waals surface area (Å²) in [7, 11) is 0. The van der Waals surface area contributed by atoms with E-state index in [9.17, 15) is 0 Å². The van der Waals surface area contributed by atoms with Gasteiger partial charge in [-0.15, -0.1) is 13.2 Å². The van der Waals surface area contributed by atoms with Gasteiger partial charge in [0.25, 0.3) is 0 Å². The molecule has 13 heavy (non-hydrogen) atoms. The fraction of sp³-hybridized carbons (Fsp3) is 0.600. The molecule has 0 saturated heterocycles. The highest BCUT2D eigenvalue weighted by Crippen LogP contribution is 1.96. The zero-order valence-corrected chi connectivity index (χ0v) is 8.40. The summed E-state index contributed by atoms with van der Waals surface area (Å²) in [6.07, 6.45) is 4.56. The Balaban J connectivity index is 0. The molecule has 0 spiro atoms. The van der Waals surface area contributed by atoms with E-state index in [1.54, 1.807) is 6.08 Å². The van der Waals surface area contributed by atoms with Crippen molar-refractivity contribution in [3.8, 4) is 0 Å². The topological polar surface area (TPSA) is 60.7 Å². The van der Waals surface area contributed by atoms with Gasteiger partial charge in [-0.1, -0.05) is 12.2 Å². The molecule has 3 nitrogen and oxygen atoms in total. The van der Waals surface area contributed by atoms with Crippen molar-refractivity contribution in [1.82, 2.24) is 0 Å². The van der Waals surface area contributed by atoms with E-state index < -0.39 is 5.79 Å². The highest BCUT2D eigenvalue weighted by Gasteiger charge is 2.00. The number of rotatable bonds is 4. The Labute approximate surface area is 80.0 Å². The predicted octanol–water partition coefficient (Wildman–Crippen LogP) is 1.21. The molecule has 0 radical (unpaired) electrons. The van der Waals surface area contributed by atoms with Gasteiger partial charge in [0.05, 0.1) is 6.10 Å². The Morgan fingerprint density at radius 2 is 1.69 bits per heavy atom. The van der Waals surface area contributed by atoms with Crippen molar-refractivity contribution < 1.29 is 15.3 Å². The number of aliphatic hydroxyl groups excluding tert-OH is 1. The zero-order valence-electron chi connectivity index (χ0n) is 8.40. The van der Waals surface area contributed by atoms with Crippen LogP contribution in [0.2, 0.25) is 0 Å². The molecule has 3 N–H and O–H groups in total. The van der Waals surface area contributed by atoms with Crippen LogP contribution in [0.3, 0.4) is 0 Å². The summed E-state index contributed by atoms with van der Waals surface area (Å²) in [4.78, 5) is 0. The molecule has 3 heteroatoms. The Morgan fingerprint density at radius 3 is 1.92 bits per heavy atom. The Kier molecular flexibility index (Phi) is 9.12. The molecule has 0 heterocycles. The molecule has 0 aliphatic carbocycles. The van der Waals surface area contributed by atoms with E-state index in [1.807, 2.05) is 0 Å². The summed E-state index contributed by atoms with van der Waals surface area (Å²) in [6, 6.07) is 0. The summed E-state index contributed by atoms with van der Waals surface area (Å²) in [5.74, 6) is -1.50. The van der Waals surface area contributed by atoms with Crippen LogP contribution in [0.5, 0.6) is 0 Å². The second-order valence-electron chi connectivity index (χ2n) is 3.16. The largest absolute Gasteiger partial charge is 0.389 e. The third-order valence-electron chi connectivity index (χ3n) is 0.939. The Hall–Kier alpha value is -0.640. The minimum atomic E-state index is -1.50. The molecule has 78 valence electrons. The number of allylic oxidation sites excluding steroid dienone is 1. The molecule has 0 aromatic rings. The smallest absolute Gasteiger partial charge is 0.156 e. The van der Waals surface area contributed by atoms with E-state index in [0.717, 1.165) is 12.8 Å². The lowest BCUT2D eigenvalue weighted by Crippen LogP contribution is -2.15. The lowest BCUT2D eigenvalue weighted by atomic mass is 10.2. The van der Waals surface area contributed by atoms with E-state index in [4.69, 9.17) is 15.3 Å². The molecule has 0 amide bonds. The SMILES string of the molecule is C=CCCC(O)C=C.CC(C)(O)O. The molecule has 1 unspecified atom stereocenters. The van der Waals surface area contributed by atoms with Gasteiger partial charge in [-0.05, 0) is 26.7 Å². The first-order valence-corrected chi connectivity index (χ1v) is 4.17. The maximum Gasteiger partial charge on any atom is 0.156 e. The Bertz CT molecular complexity index is 130. The monoisotopic (exact) mass is 188 g/mol. The molecule has 0 saturated carbocycles. The number of hydrogen-bond donors (Lipinski definition) is 3. The molecule has 0 bridgehead atoms. The van der Waals surface area contributed by atoms with Crippen LogP contribution < -0.4 is 0 Å². The molecular formula is C10H20O3. The van der Waals surface area contributed by atoms with Crippen LogP contribution in [0.25, 0.3) is 0 Å². The molecular weight excluding hydrogens is 168 g/mol. The van der Waals surface area contributed by atoms with Crippen LogP contribution in [0, 0.1) is 0 Å². The van der Waals surface area contributed by atoms with Crippen LogP contribution in [0.1, 0.15) is 26.7 Å². The number of aliphatic hydroxyl groups is 3. The van der Waals surface area contributed by atoms with Gasteiger partial charge in [0.2, 0.25) is 0 Å². The highest BCUT2D eigenvalue weighted by molar-refractivity contribution is 4.80. The molecule has 0 aromatic carbocycles. The fourth-order valence-electron chi connectivity index (χ4n) is 0.406. The standard InChI is InChI=1S/C7H12O.C3H8O2/c1-3-5-6-7(8)4-2;1-3(2,4)5/h3-4,7-8H,1-2,5-6H2;4-5H,1-2H3. The summed E-state index contributed by atoms with van der Waals surface area (Å²) in [5, 5.41) is 25.0. The third-order valence-corrected chi connectivity index (χ3v) is 0.939.